The zero-order chi connectivity index (χ0) is 13.8. The monoisotopic (exact) mass is 294 g/mol. The Hall–Kier alpha value is -1.51. The summed E-state index contributed by atoms with van der Waals surface area (Å²) < 4.78 is 0. The van der Waals surface area contributed by atoms with E-state index in [0.717, 1.165) is 11.1 Å². The van der Waals surface area contributed by atoms with Crippen LogP contribution in [0.3, 0.4) is 0 Å². The lowest BCUT2D eigenvalue weighted by Gasteiger charge is -2.14. The van der Waals surface area contributed by atoms with Gasteiger partial charge >= 0.3 is 5.97 Å². The molecule has 0 radical (unpaired) electrons. The van der Waals surface area contributed by atoms with Crippen molar-refractivity contribution in [2.45, 2.75) is 12.3 Å². The Labute approximate surface area is 121 Å². The topological polar surface area (TPSA) is 37.3 Å². The molecule has 19 heavy (non-hydrogen) atoms. The molecule has 0 amide bonds. The summed E-state index contributed by atoms with van der Waals surface area (Å²) in [6, 6.07) is 14.4. The number of hydrogen-bond acceptors (Lipinski definition) is 1. The van der Waals surface area contributed by atoms with E-state index in [4.69, 9.17) is 23.2 Å². The van der Waals surface area contributed by atoms with Gasteiger partial charge in [-0.25, -0.2) is 0 Å². The Balaban J connectivity index is 2.32. The van der Waals surface area contributed by atoms with E-state index >= 15 is 0 Å². The van der Waals surface area contributed by atoms with Crippen molar-refractivity contribution in [2.75, 3.05) is 0 Å². The smallest absolute Gasteiger partial charge is 0.311 e. The number of benzene rings is 2. The molecule has 0 heterocycles. The van der Waals surface area contributed by atoms with Gasteiger partial charge in [0.05, 0.1) is 16.0 Å². The molecule has 2 aromatic rings. The van der Waals surface area contributed by atoms with E-state index in [0.29, 0.717) is 16.5 Å². The van der Waals surface area contributed by atoms with Gasteiger partial charge in [-0.2, -0.15) is 0 Å². The molecule has 2 nitrogen and oxygen atoms in total. The van der Waals surface area contributed by atoms with Gasteiger partial charge in [-0.15, -0.1) is 0 Å². The molecular weight excluding hydrogens is 283 g/mol. The summed E-state index contributed by atoms with van der Waals surface area (Å²) in [6.45, 7) is 0. The predicted octanol–water partition coefficient (Wildman–Crippen LogP) is 4.40. The van der Waals surface area contributed by atoms with Gasteiger partial charge in [-0.1, -0.05) is 65.7 Å². The fraction of sp³-hybridized carbons (Fsp3) is 0.133. The quantitative estimate of drug-likeness (QED) is 0.907. The summed E-state index contributed by atoms with van der Waals surface area (Å²) in [5.74, 6) is -1.50. The molecule has 0 aliphatic heterocycles. The van der Waals surface area contributed by atoms with Crippen molar-refractivity contribution in [1.29, 1.82) is 0 Å². The lowest BCUT2D eigenvalue weighted by molar-refractivity contribution is -0.138. The molecule has 0 bridgehead atoms. The van der Waals surface area contributed by atoms with Gasteiger partial charge in [0.1, 0.15) is 0 Å². The maximum atomic E-state index is 11.4. The van der Waals surface area contributed by atoms with Crippen molar-refractivity contribution in [3.8, 4) is 0 Å². The highest BCUT2D eigenvalue weighted by Gasteiger charge is 2.21. The Morgan fingerprint density at radius 1 is 1.05 bits per heavy atom. The van der Waals surface area contributed by atoms with Crippen LogP contribution < -0.4 is 0 Å². The number of halogens is 2. The molecular formula is C15H12Cl2O2. The number of carboxylic acid groups (broad SMARTS) is 1. The van der Waals surface area contributed by atoms with Crippen LogP contribution in [0.15, 0.2) is 48.5 Å². The maximum Gasteiger partial charge on any atom is 0.311 e. The summed E-state index contributed by atoms with van der Waals surface area (Å²) in [6.07, 6.45) is 0.318. The van der Waals surface area contributed by atoms with Gasteiger partial charge in [0.15, 0.2) is 0 Å². The van der Waals surface area contributed by atoms with Crippen molar-refractivity contribution >= 4 is 29.2 Å². The first kappa shape index (κ1) is 13.9. The second kappa shape index (κ2) is 6.09. The van der Waals surface area contributed by atoms with Crippen LogP contribution in [0.25, 0.3) is 0 Å². The summed E-state index contributed by atoms with van der Waals surface area (Å²) >= 11 is 12.0. The van der Waals surface area contributed by atoms with Crippen molar-refractivity contribution in [3.05, 3.63) is 69.7 Å². The number of carboxylic acids is 1. The van der Waals surface area contributed by atoms with E-state index in [1.807, 2.05) is 18.2 Å². The molecule has 2 aromatic carbocycles. The third kappa shape index (κ3) is 3.28. The first-order chi connectivity index (χ1) is 9.09. The second-order valence-corrected chi connectivity index (χ2v) is 5.00. The molecule has 2 rings (SSSR count). The molecule has 0 spiro atoms. The van der Waals surface area contributed by atoms with Crippen LogP contribution >= 0.6 is 23.2 Å². The zero-order valence-electron chi connectivity index (χ0n) is 10.0. The molecule has 1 atom stereocenters. The summed E-state index contributed by atoms with van der Waals surface area (Å²) in [5.41, 5.74) is 1.50. The molecule has 0 saturated carbocycles. The fourth-order valence-electron chi connectivity index (χ4n) is 1.96. The normalized spacial score (nSPS) is 12.1. The lowest BCUT2D eigenvalue weighted by Crippen LogP contribution is -2.14. The van der Waals surface area contributed by atoms with Gasteiger partial charge in [0, 0.05) is 0 Å². The molecule has 4 heteroatoms. The van der Waals surface area contributed by atoms with Gasteiger partial charge in [-0.3, -0.25) is 4.79 Å². The standard InChI is InChI=1S/C15H12Cl2O2/c16-13-8-4-7-11(14(13)17)9-12(15(18)19)10-5-2-1-3-6-10/h1-8,12H,9H2,(H,18,19). The number of hydrogen-bond donors (Lipinski definition) is 1. The van der Waals surface area contributed by atoms with Crippen LogP contribution in [0.2, 0.25) is 10.0 Å². The van der Waals surface area contributed by atoms with Crippen LogP contribution in [0, 0.1) is 0 Å². The molecule has 0 aromatic heterocycles. The minimum atomic E-state index is -0.873. The van der Waals surface area contributed by atoms with E-state index in [-0.39, 0.29) is 0 Å². The number of aliphatic carboxylic acids is 1. The van der Waals surface area contributed by atoms with Crippen LogP contribution in [0.1, 0.15) is 17.0 Å². The van der Waals surface area contributed by atoms with E-state index < -0.39 is 11.9 Å². The Kier molecular flexibility index (Phi) is 4.46. The highest BCUT2D eigenvalue weighted by atomic mass is 35.5. The second-order valence-electron chi connectivity index (χ2n) is 4.22. The Morgan fingerprint density at radius 2 is 1.74 bits per heavy atom. The minimum Gasteiger partial charge on any atom is -0.481 e. The number of carbonyl (C=O) groups is 1. The van der Waals surface area contributed by atoms with E-state index in [1.54, 1.807) is 30.3 Å². The predicted molar refractivity (Wildman–Crippen MR) is 77.0 cm³/mol. The van der Waals surface area contributed by atoms with Gasteiger partial charge < -0.3 is 5.11 Å². The largest absolute Gasteiger partial charge is 0.481 e. The Morgan fingerprint density at radius 3 is 2.37 bits per heavy atom. The summed E-state index contributed by atoms with van der Waals surface area (Å²) in [7, 11) is 0. The lowest BCUT2D eigenvalue weighted by atomic mass is 9.92. The molecule has 1 N–H and O–H groups in total. The van der Waals surface area contributed by atoms with E-state index in [2.05, 4.69) is 0 Å². The number of rotatable bonds is 4. The Bertz CT molecular complexity index is 582. The summed E-state index contributed by atoms with van der Waals surface area (Å²) in [4.78, 5) is 11.4. The average Bonchev–Trinajstić information content (AvgIpc) is 2.41. The fourth-order valence-corrected chi connectivity index (χ4v) is 2.36. The average molecular weight is 295 g/mol. The first-order valence-corrected chi connectivity index (χ1v) is 6.56. The SMILES string of the molecule is O=C(O)C(Cc1cccc(Cl)c1Cl)c1ccccc1. The maximum absolute atomic E-state index is 11.4. The van der Waals surface area contributed by atoms with Gasteiger partial charge in [-0.05, 0) is 23.6 Å². The van der Waals surface area contributed by atoms with Crippen molar-refractivity contribution in [3.63, 3.8) is 0 Å². The van der Waals surface area contributed by atoms with E-state index in [9.17, 15) is 9.90 Å². The molecule has 0 aliphatic rings. The molecule has 0 aliphatic carbocycles. The highest BCUT2D eigenvalue weighted by molar-refractivity contribution is 6.42. The van der Waals surface area contributed by atoms with Gasteiger partial charge in [0.2, 0.25) is 0 Å². The third-order valence-electron chi connectivity index (χ3n) is 2.96. The minimum absolute atomic E-state index is 0.318. The van der Waals surface area contributed by atoms with Crippen LogP contribution in [-0.4, -0.2) is 11.1 Å². The van der Waals surface area contributed by atoms with Crippen molar-refractivity contribution in [2.24, 2.45) is 0 Å². The van der Waals surface area contributed by atoms with Crippen molar-refractivity contribution in [1.82, 2.24) is 0 Å². The molecule has 0 saturated heterocycles. The molecule has 98 valence electrons. The van der Waals surface area contributed by atoms with E-state index in [1.165, 1.54) is 0 Å². The zero-order valence-corrected chi connectivity index (χ0v) is 11.5. The molecule has 1 unspecified atom stereocenters. The van der Waals surface area contributed by atoms with Gasteiger partial charge in [0.25, 0.3) is 0 Å². The third-order valence-corrected chi connectivity index (χ3v) is 3.81. The van der Waals surface area contributed by atoms with Crippen LogP contribution in [0.5, 0.6) is 0 Å². The summed E-state index contributed by atoms with van der Waals surface area (Å²) in [5, 5.41) is 10.2. The van der Waals surface area contributed by atoms with Crippen LogP contribution in [-0.2, 0) is 11.2 Å². The highest BCUT2D eigenvalue weighted by Crippen LogP contribution is 2.30. The molecule has 0 fully saturated rings. The van der Waals surface area contributed by atoms with Crippen molar-refractivity contribution < 1.29 is 9.90 Å². The first-order valence-electron chi connectivity index (χ1n) is 5.80. The van der Waals surface area contributed by atoms with Crippen LogP contribution in [0.4, 0.5) is 0 Å².